The number of hydrogen-bond donors (Lipinski definition) is 0. The van der Waals surface area contributed by atoms with Gasteiger partial charge in [-0.2, -0.15) is 0 Å². The zero-order valence-electron chi connectivity index (χ0n) is 8.31. The second-order valence-electron chi connectivity index (χ2n) is 3.28. The minimum atomic E-state index is -1.38. The van der Waals surface area contributed by atoms with Gasteiger partial charge in [-0.05, 0) is 24.6 Å². The Hall–Kier alpha value is 0.177. The largest absolute Gasteiger partial charge is 0.417 e. The Labute approximate surface area is 72.3 Å². The van der Waals surface area contributed by atoms with Crippen molar-refractivity contribution >= 4 is 8.32 Å². The summed E-state index contributed by atoms with van der Waals surface area (Å²) in [6.07, 6.45) is 0. The highest BCUT2D eigenvalue weighted by molar-refractivity contribution is 6.74. The summed E-state index contributed by atoms with van der Waals surface area (Å²) in [7, 11) is -1.38. The van der Waals surface area contributed by atoms with Crippen LogP contribution in [0.1, 0.15) is 27.7 Å². The summed E-state index contributed by atoms with van der Waals surface area (Å²) in [6, 6.07) is 2.44. The van der Waals surface area contributed by atoms with E-state index in [0.717, 1.165) is 5.54 Å². The average molecular weight is 173 g/mol. The van der Waals surface area contributed by atoms with Crippen molar-refractivity contribution in [1.82, 2.24) is 0 Å². The first-order valence-corrected chi connectivity index (χ1v) is 6.96. The summed E-state index contributed by atoms with van der Waals surface area (Å²) in [5, 5.41) is 0. The molecule has 0 saturated carbocycles. The normalized spacial score (nSPS) is 12.5. The summed E-state index contributed by atoms with van der Waals surface area (Å²) in [4.78, 5) is 0. The Kier molecular flexibility index (Phi) is 5.02. The van der Waals surface area contributed by atoms with Crippen molar-refractivity contribution in [3.63, 3.8) is 0 Å². The van der Waals surface area contributed by atoms with Crippen LogP contribution in [0.25, 0.3) is 0 Å². The maximum atomic E-state index is 5.82. The van der Waals surface area contributed by atoms with Crippen LogP contribution >= 0.6 is 0 Å². The molecule has 67 valence electrons. The monoisotopic (exact) mass is 173 g/mol. The molecule has 0 N–H and O–H groups in total. The highest BCUT2D eigenvalue weighted by atomic mass is 28.4. The van der Waals surface area contributed by atoms with Crippen molar-refractivity contribution in [2.75, 3.05) is 6.61 Å². The van der Waals surface area contributed by atoms with Crippen LogP contribution in [0.15, 0.2) is 0 Å². The van der Waals surface area contributed by atoms with Gasteiger partial charge in [0.1, 0.15) is 0 Å². The summed E-state index contributed by atoms with van der Waals surface area (Å²) in [6.45, 7) is 13.4. The lowest BCUT2D eigenvalue weighted by atomic mass is 10.6. The molecule has 11 heavy (non-hydrogen) atoms. The molecule has 0 aliphatic carbocycles. The van der Waals surface area contributed by atoms with Crippen molar-refractivity contribution in [1.29, 1.82) is 0 Å². The van der Waals surface area contributed by atoms with E-state index in [1.807, 2.05) is 0 Å². The molecular formula is C9H21OSi. The minimum Gasteiger partial charge on any atom is -0.417 e. The molecule has 0 aliphatic rings. The van der Waals surface area contributed by atoms with Crippen LogP contribution in [0.2, 0.25) is 17.6 Å². The van der Waals surface area contributed by atoms with E-state index in [4.69, 9.17) is 4.43 Å². The van der Waals surface area contributed by atoms with Crippen LogP contribution in [0.5, 0.6) is 0 Å². The second-order valence-corrected chi connectivity index (χ2v) is 8.26. The summed E-state index contributed by atoms with van der Waals surface area (Å²) >= 11 is 0. The van der Waals surface area contributed by atoms with Crippen molar-refractivity contribution in [3.8, 4) is 0 Å². The van der Waals surface area contributed by atoms with E-state index in [1.54, 1.807) is 0 Å². The van der Waals surface area contributed by atoms with Gasteiger partial charge in [0.25, 0.3) is 0 Å². The Morgan fingerprint density at radius 3 is 1.82 bits per heavy atom. The quantitative estimate of drug-likeness (QED) is 0.580. The van der Waals surface area contributed by atoms with Crippen molar-refractivity contribution in [3.05, 3.63) is 6.92 Å². The first-order chi connectivity index (χ1) is 5.13. The van der Waals surface area contributed by atoms with Gasteiger partial charge in [0.2, 0.25) is 0 Å². The molecule has 0 saturated heterocycles. The summed E-state index contributed by atoms with van der Waals surface area (Å²) in [5.74, 6) is 0. The Morgan fingerprint density at radius 2 is 1.73 bits per heavy atom. The zero-order valence-corrected chi connectivity index (χ0v) is 9.31. The molecule has 0 rings (SSSR count). The van der Waals surface area contributed by atoms with Crippen LogP contribution in [0.4, 0.5) is 0 Å². The van der Waals surface area contributed by atoms with Gasteiger partial charge in [0.05, 0.1) is 0 Å². The molecule has 0 amide bonds. The maximum absolute atomic E-state index is 5.82. The lowest BCUT2D eigenvalue weighted by molar-refractivity contribution is 0.332. The highest BCUT2D eigenvalue weighted by Crippen LogP contribution is 2.29. The van der Waals surface area contributed by atoms with E-state index in [2.05, 4.69) is 34.6 Å². The number of rotatable bonds is 5. The SMILES string of the molecule is [CH2]CO[Si](CC)(CC)C(C)C. The third-order valence-electron chi connectivity index (χ3n) is 2.64. The second kappa shape index (κ2) is 4.94. The molecule has 0 heterocycles. The van der Waals surface area contributed by atoms with Gasteiger partial charge in [0, 0.05) is 6.61 Å². The summed E-state index contributed by atoms with van der Waals surface area (Å²) in [5.41, 5.74) is 0.722. The first kappa shape index (κ1) is 11.2. The van der Waals surface area contributed by atoms with Crippen molar-refractivity contribution in [2.45, 2.75) is 45.3 Å². The van der Waals surface area contributed by atoms with Crippen LogP contribution in [0.3, 0.4) is 0 Å². The number of hydrogen-bond acceptors (Lipinski definition) is 1. The van der Waals surface area contributed by atoms with Crippen LogP contribution in [-0.2, 0) is 4.43 Å². The van der Waals surface area contributed by atoms with Crippen LogP contribution in [-0.4, -0.2) is 14.9 Å². The Morgan fingerprint density at radius 1 is 1.27 bits per heavy atom. The van der Waals surface area contributed by atoms with Gasteiger partial charge in [-0.15, -0.1) is 0 Å². The average Bonchev–Trinajstić information content (AvgIpc) is 2.00. The Bertz CT molecular complexity index is 97.7. The molecule has 0 aromatic carbocycles. The maximum Gasteiger partial charge on any atom is 0.194 e. The fraction of sp³-hybridized carbons (Fsp3) is 0.889. The van der Waals surface area contributed by atoms with Gasteiger partial charge >= 0.3 is 0 Å². The van der Waals surface area contributed by atoms with Gasteiger partial charge < -0.3 is 4.43 Å². The molecule has 0 fully saturated rings. The molecule has 0 aromatic heterocycles. The van der Waals surface area contributed by atoms with E-state index >= 15 is 0 Å². The van der Waals surface area contributed by atoms with Crippen LogP contribution in [0, 0.1) is 6.92 Å². The van der Waals surface area contributed by atoms with E-state index < -0.39 is 8.32 Å². The predicted molar refractivity (Wildman–Crippen MR) is 53.1 cm³/mol. The minimum absolute atomic E-state index is 0.645. The van der Waals surface area contributed by atoms with Gasteiger partial charge in [-0.3, -0.25) is 0 Å². The molecule has 0 atom stereocenters. The van der Waals surface area contributed by atoms with Crippen molar-refractivity contribution in [2.24, 2.45) is 0 Å². The Balaban J connectivity index is 4.20. The van der Waals surface area contributed by atoms with E-state index in [0.29, 0.717) is 6.61 Å². The molecule has 2 heteroatoms. The van der Waals surface area contributed by atoms with E-state index in [-0.39, 0.29) is 0 Å². The van der Waals surface area contributed by atoms with Crippen LogP contribution < -0.4 is 0 Å². The topological polar surface area (TPSA) is 9.23 Å². The lowest BCUT2D eigenvalue weighted by Crippen LogP contribution is -2.40. The molecule has 0 unspecified atom stereocenters. The zero-order chi connectivity index (χ0) is 8.91. The molecule has 1 nitrogen and oxygen atoms in total. The molecule has 0 aromatic rings. The molecule has 0 bridgehead atoms. The lowest BCUT2D eigenvalue weighted by Gasteiger charge is -2.32. The van der Waals surface area contributed by atoms with E-state index in [1.165, 1.54) is 12.1 Å². The summed E-state index contributed by atoms with van der Waals surface area (Å²) < 4.78 is 5.82. The smallest absolute Gasteiger partial charge is 0.194 e. The van der Waals surface area contributed by atoms with Gasteiger partial charge in [-0.25, -0.2) is 0 Å². The van der Waals surface area contributed by atoms with E-state index in [9.17, 15) is 0 Å². The fourth-order valence-electron chi connectivity index (χ4n) is 1.64. The fourth-order valence-corrected chi connectivity index (χ4v) is 4.92. The standard InChI is InChI=1S/C9H21OSi/c1-6-10-11(7-2,8-3)9(4)5/h9H,1,6-8H2,2-5H3. The molecule has 0 spiro atoms. The predicted octanol–water partition coefficient (Wildman–Crippen LogP) is 3.23. The first-order valence-electron chi connectivity index (χ1n) is 4.56. The third kappa shape index (κ3) is 2.60. The van der Waals surface area contributed by atoms with Gasteiger partial charge in [-0.1, -0.05) is 27.7 Å². The molecule has 1 radical (unpaired) electrons. The van der Waals surface area contributed by atoms with Crippen molar-refractivity contribution < 1.29 is 4.43 Å². The molecular weight excluding hydrogens is 152 g/mol. The third-order valence-corrected chi connectivity index (χ3v) is 7.92. The van der Waals surface area contributed by atoms with Gasteiger partial charge in [0.15, 0.2) is 8.32 Å². The molecule has 0 aliphatic heterocycles. The highest BCUT2D eigenvalue weighted by Gasteiger charge is 2.33.